The average Bonchev–Trinajstić information content (AvgIpc) is 2.64. The van der Waals surface area contributed by atoms with E-state index in [-0.39, 0.29) is 32.8 Å². The van der Waals surface area contributed by atoms with Crippen LogP contribution in [0, 0.1) is 0 Å². The van der Waals surface area contributed by atoms with Crippen LogP contribution in [0.1, 0.15) is 20.8 Å². The Morgan fingerprint density at radius 3 is 2.29 bits per heavy atom. The summed E-state index contributed by atoms with van der Waals surface area (Å²) in [6.07, 6.45) is 0. The van der Waals surface area contributed by atoms with Crippen molar-refractivity contribution in [2.75, 3.05) is 23.1 Å². The van der Waals surface area contributed by atoms with Crippen molar-refractivity contribution in [3.8, 4) is 0 Å². The van der Waals surface area contributed by atoms with Gasteiger partial charge in [0.15, 0.2) is 0 Å². The van der Waals surface area contributed by atoms with Gasteiger partial charge in [-0.15, -0.1) is 0 Å². The minimum atomic E-state index is -3.94. The molecular formula is C20H25ClN2O3S2. The predicted octanol–water partition coefficient (Wildman–Crippen LogP) is 4.18. The van der Waals surface area contributed by atoms with Crippen molar-refractivity contribution in [1.29, 1.82) is 0 Å². The maximum Gasteiger partial charge on any atom is 0.264 e. The molecule has 0 saturated heterocycles. The van der Waals surface area contributed by atoms with Crippen molar-refractivity contribution in [2.24, 2.45) is 0 Å². The molecule has 0 heterocycles. The highest BCUT2D eigenvalue weighted by atomic mass is 35.5. The van der Waals surface area contributed by atoms with Crippen molar-refractivity contribution >= 4 is 45.0 Å². The molecule has 0 aromatic heterocycles. The lowest BCUT2D eigenvalue weighted by molar-refractivity contribution is -0.119. The first-order valence-corrected chi connectivity index (χ1v) is 11.6. The number of halogens is 1. The van der Waals surface area contributed by atoms with Crippen molar-refractivity contribution in [1.82, 2.24) is 5.32 Å². The zero-order valence-corrected chi connectivity index (χ0v) is 18.6. The lowest BCUT2D eigenvalue weighted by Gasteiger charge is -2.25. The quantitative estimate of drug-likeness (QED) is 0.625. The summed E-state index contributed by atoms with van der Waals surface area (Å²) < 4.78 is 27.5. The van der Waals surface area contributed by atoms with Crippen LogP contribution >= 0.6 is 23.4 Å². The van der Waals surface area contributed by atoms with Gasteiger partial charge in [-0.25, -0.2) is 8.42 Å². The van der Waals surface area contributed by atoms with E-state index in [2.05, 4.69) is 26.1 Å². The van der Waals surface area contributed by atoms with E-state index in [0.29, 0.717) is 6.54 Å². The summed E-state index contributed by atoms with van der Waals surface area (Å²) in [4.78, 5) is 12.6. The van der Waals surface area contributed by atoms with E-state index in [0.717, 1.165) is 10.1 Å². The van der Waals surface area contributed by atoms with Gasteiger partial charge in [0.25, 0.3) is 10.0 Å². The second-order valence-corrected chi connectivity index (χ2v) is 11.3. The lowest BCUT2D eigenvalue weighted by Crippen LogP contribution is -2.41. The predicted molar refractivity (Wildman–Crippen MR) is 118 cm³/mol. The molecule has 0 bridgehead atoms. The second kappa shape index (κ2) is 9.67. The highest BCUT2D eigenvalue weighted by molar-refractivity contribution is 8.00. The molecular weight excluding hydrogens is 416 g/mol. The van der Waals surface area contributed by atoms with E-state index < -0.39 is 10.0 Å². The van der Waals surface area contributed by atoms with Gasteiger partial charge in [0, 0.05) is 17.0 Å². The Balaban J connectivity index is 2.21. The molecule has 0 aliphatic rings. The number of hydrogen-bond donors (Lipinski definition) is 1. The van der Waals surface area contributed by atoms with Crippen molar-refractivity contribution in [3.05, 3.63) is 59.6 Å². The summed E-state index contributed by atoms with van der Waals surface area (Å²) in [6.45, 7) is 6.42. The summed E-state index contributed by atoms with van der Waals surface area (Å²) in [7, 11) is -3.94. The molecule has 0 fully saturated rings. The third kappa shape index (κ3) is 6.43. The van der Waals surface area contributed by atoms with Gasteiger partial charge in [-0.1, -0.05) is 62.7 Å². The Bertz CT molecular complexity index is 897. The molecule has 1 N–H and O–H groups in total. The Morgan fingerprint density at radius 1 is 1.07 bits per heavy atom. The first-order valence-electron chi connectivity index (χ1n) is 8.84. The summed E-state index contributed by atoms with van der Waals surface area (Å²) in [5.41, 5.74) is 0.271. The molecule has 2 aromatic rings. The average molecular weight is 441 g/mol. The van der Waals surface area contributed by atoms with Crippen molar-refractivity contribution in [2.45, 2.75) is 30.4 Å². The van der Waals surface area contributed by atoms with Gasteiger partial charge < -0.3 is 5.32 Å². The zero-order valence-electron chi connectivity index (χ0n) is 16.2. The van der Waals surface area contributed by atoms with Gasteiger partial charge in [0.1, 0.15) is 6.54 Å². The van der Waals surface area contributed by atoms with Crippen LogP contribution in [0.4, 0.5) is 5.69 Å². The van der Waals surface area contributed by atoms with Crippen LogP contribution in [0.3, 0.4) is 0 Å². The first-order chi connectivity index (χ1) is 13.1. The van der Waals surface area contributed by atoms with Crippen LogP contribution in [-0.4, -0.2) is 37.9 Å². The van der Waals surface area contributed by atoms with Crippen LogP contribution in [0.2, 0.25) is 5.02 Å². The Hall–Kier alpha value is -1.70. The summed E-state index contributed by atoms with van der Waals surface area (Å²) in [5.74, 6) is 0.362. The molecule has 0 saturated carbocycles. The van der Waals surface area contributed by atoms with E-state index >= 15 is 0 Å². The number of nitrogens with one attached hydrogen (secondary N) is 1. The summed E-state index contributed by atoms with van der Waals surface area (Å²) >= 11 is 7.96. The molecule has 28 heavy (non-hydrogen) atoms. The number of hydrogen-bond acceptors (Lipinski definition) is 4. The van der Waals surface area contributed by atoms with Gasteiger partial charge in [-0.05, 0) is 24.3 Å². The van der Waals surface area contributed by atoms with Crippen molar-refractivity contribution < 1.29 is 13.2 Å². The minimum absolute atomic E-state index is 0.102. The molecule has 152 valence electrons. The zero-order chi connectivity index (χ0) is 20.8. The molecule has 5 nitrogen and oxygen atoms in total. The number of benzene rings is 2. The number of amides is 1. The number of sulfonamides is 1. The third-order valence-corrected chi connectivity index (χ3v) is 7.07. The van der Waals surface area contributed by atoms with Crippen LogP contribution < -0.4 is 9.62 Å². The van der Waals surface area contributed by atoms with Gasteiger partial charge in [-0.2, -0.15) is 11.8 Å². The molecule has 1 amide bonds. The fraction of sp³-hybridized carbons (Fsp3) is 0.350. The number of carbonyl (C=O) groups excluding carboxylic acids is 1. The monoisotopic (exact) mass is 440 g/mol. The van der Waals surface area contributed by atoms with Crippen LogP contribution in [0.15, 0.2) is 59.5 Å². The number of nitrogens with zero attached hydrogens (tertiary/aromatic N) is 1. The number of para-hydroxylation sites is 1. The van der Waals surface area contributed by atoms with Gasteiger partial charge >= 0.3 is 0 Å². The Morgan fingerprint density at radius 2 is 1.68 bits per heavy atom. The smallest absolute Gasteiger partial charge is 0.264 e. The van der Waals surface area contributed by atoms with E-state index in [4.69, 9.17) is 11.6 Å². The first kappa shape index (κ1) is 22.6. The molecule has 0 spiro atoms. The molecule has 2 aromatic carbocycles. The summed E-state index contributed by atoms with van der Waals surface area (Å²) in [6, 6.07) is 14.6. The minimum Gasteiger partial charge on any atom is -0.354 e. The van der Waals surface area contributed by atoms with Gasteiger partial charge in [-0.3, -0.25) is 9.10 Å². The highest BCUT2D eigenvalue weighted by Crippen LogP contribution is 2.30. The largest absolute Gasteiger partial charge is 0.354 e. The molecule has 0 atom stereocenters. The molecule has 0 radical (unpaired) electrons. The molecule has 0 aliphatic carbocycles. The number of rotatable bonds is 8. The Labute approximate surface area is 176 Å². The third-order valence-electron chi connectivity index (χ3n) is 3.70. The fourth-order valence-electron chi connectivity index (χ4n) is 2.41. The molecule has 0 aliphatic heterocycles. The molecule has 2 rings (SSSR count). The van der Waals surface area contributed by atoms with Crippen LogP contribution in [0.5, 0.6) is 0 Å². The topological polar surface area (TPSA) is 66.5 Å². The second-order valence-electron chi connectivity index (χ2n) is 7.09. The van der Waals surface area contributed by atoms with E-state index in [1.54, 1.807) is 54.2 Å². The summed E-state index contributed by atoms with van der Waals surface area (Å²) in [5, 5.41) is 3.05. The van der Waals surface area contributed by atoms with Gasteiger partial charge in [0.05, 0.1) is 15.6 Å². The van der Waals surface area contributed by atoms with Gasteiger partial charge in [0.2, 0.25) is 5.91 Å². The van der Waals surface area contributed by atoms with E-state index in [1.165, 1.54) is 12.1 Å². The molecule has 0 unspecified atom stereocenters. The Kier molecular flexibility index (Phi) is 7.80. The normalized spacial score (nSPS) is 11.9. The van der Waals surface area contributed by atoms with Crippen LogP contribution in [0.25, 0.3) is 0 Å². The maximum absolute atomic E-state index is 13.2. The number of carbonyl (C=O) groups is 1. The SMILES string of the molecule is CC(C)(C)SCCNC(=O)CN(c1ccccc1Cl)S(=O)(=O)c1ccccc1. The lowest BCUT2D eigenvalue weighted by atomic mass is 10.3. The fourth-order valence-corrected chi connectivity index (χ4v) is 4.97. The molecule has 8 heteroatoms. The van der Waals surface area contributed by atoms with E-state index in [1.807, 2.05) is 0 Å². The standard InChI is InChI=1S/C20H25ClN2O3S2/c1-20(2,3)27-14-13-22-19(24)15-23(18-12-8-7-11-17(18)21)28(25,26)16-9-5-4-6-10-16/h4-12H,13-15H2,1-3H3,(H,22,24). The van der Waals surface area contributed by atoms with Crippen LogP contribution in [-0.2, 0) is 14.8 Å². The van der Waals surface area contributed by atoms with E-state index in [9.17, 15) is 13.2 Å². The van der Waals surface area contributed by atoms with Crippen molar-refractivity contribution in [3.63, 3.8) is 0 Å². The highest BCUT2D eigenvalue weighted by Gasteiger charge is 2.28. The number of anilines is 1. The maximum atomic E-state index is 13.2. The number of thioether (sulfide) groups is 1.